The summed E-state index contributed by atoms with van der Waals surface area (Å²) in [5.74, 6) is -1.36. The highest BCUT2D eigenvalue weighted by atomic mass is 32.2. The molecule has 1 atom stereocenters. The number of halogens is 2. The first kappa shape index (κ1) is 18.9. The second kappa shape index (κ2) is 8.62. The highest BCUT2D eigenvalue weighted by molar-refractivity contribution is 8.01. The van der Waals surface area contributed by atoms with E-state index in [1.807, 2.05) is 0 Å². The zero-order valence-corrected chi connectivity index (χ0v) is 14.6. The Labute approximate surface area is 149 Å². The molecular formula is C18H18F2N2O2S. The summed E-state index contributed by atoms with van der Waals surface area (Å²) < 4.78 is 26.1. The quantitative estimate of drug-likeness (QED) is 0.815. The van der Waals surface area contributed by atoms with Gasteiger partial charge in [0, 0.05) is 11.4 Å². The molecule has 0 saturated heterocycles. The molecule has 2 aromatic rings. The summed E-state index contributed by atoms with van der Waals surface area (Å²) in [6.07, 6.45) is 0. The summed E-state index contributed by atoms with van der Waals surface area (Å²) in [6, 6.07) is 9.58. The molecule has 1 unspecified atom stereocenters. The molecule has 25 heavy (non-hydrogen) atoms. The highest BCUT2D eigenvalue weighted by Gasteiger charge is 2.16. The average Bonchev–Trinajstić information content (AvgIpc) is 2.58. The molecule has 0 saturated carbocycles. The van der Waals surface area contributed by atoms with Crippen molar-refractivity contribution < 1.29 is 18.4 Å². The maximum Gasteiger partial charge on any atom is 0.237 e. The van der Waals surface area contributed by atoms with E-state index in [2.05, 4.69) is 10.6 Å². The maximum atomic E-state index is 13.3. The Kier molecular flexibility index (Phi) is 6.52. The van der Waals surface area contributed by atoms with Gasteiger partial charge < -0.3 is 10.6 Å². The van der Waals surface area contributed by atoms with Crippen molar-refractivity contribution in [3.63, 3.8) is 0 Å². The van der Waals surface area contributed by atoms with Crippen LogP contribution in [0.25, 0.3) is 0 Å². The lowest BCUT2D eigenvalue weighted by Gasteiger charge is -2.13. The van der Waals surface area contributed by atoms with Crippen molar-refractivity contribution in [2.24, 2.45) is 0 Å². The van der Waals surface area contributed by atoms with Crippen LogP contribution in [0.2, 0.25) is 0 Å². The number of rotatable bonds is 6. The van der Waals surface area contributed by atoms with Gasteiger partial charge in [-0.2, -0.15) is 0 Å². The average molecular weight is 364 g/mol. The number of carbonyl (C=O) groups excluding carboxylic acids is 2. The van der Waals surface area contributed by atoms with Gasteiger partial charge in [0.2, 0.25) is 11.8 Å². The fraction of sp³-hybridized carbons (Fsp3) is 0.222. The van der Waals surface area contributed by atoms with Crippen LogP contribution >= 0.6 is 11.8 Å². The van der Waals surface area contributed by atoms with E-state index in [4.69, 9.17) is 0 Å². The molecule has 2 rings (SSSR count). The first-order valence-corrected chi connectivity index (χ1v) is 8.64. The molecule has 0 spiro atoms. The fourth-order valence-electron chi connectivity index (χ4n) is 1.97. The van der Waals surface area contributed by atoms with Crippen LogP contribution in [-0.4, -0.2) is 22.8 Å². The molecule has 7 heteroatoms. The number of thioether (sulfide) groups is 1. The number of hydrogen-bond donors (Lipinski definition) is 2. The van der Waals surface area contributed by atoms with Crippen molar-refractivity contribution in [2.75, 3.05) is 16.4 Å². The molecule has 2 aromatic carbocycles. The Morgan fingerprint density at radius 3 is 2.36 bits per heavy atom. The lowest BCUT2D eigenvalue weighted by atomic mass is 10.2. The molecule has 132 valence electrons. The van der Waals surface area contributed by atoms with Crippen molar-refractivity contribution in [3.05, 3.63) is 59.7 Å². The van der Waals surface area contributed by atoms with Gasteiger partial charge in [0.25, 0.3) is 0 Å². The van der Waals surface area contributed by atoms with Crippen molar-refractivity contribution in [1.82, 2.24) is 0 Å². The van der Waals surface area contributed by atoms with E-state index < -0.39 is 11.1 Å². The Bertz CT molecular complexity index is 766. The molecule has 0 bridgehead atoms. The van der Waals surface area contributed by atoms with Crippen molar-refractivity contribution in [1.29, 1.82) is 0 Å². The smallest absolute Gasteiger partial charge is 0.237 e. The zero-order chi connectivity index (χ0) is 18.4. The van der Waals surface area contributed by atoms with Gasteiger partial charge in [-0.25, -0.2) is 8.78 Å². The minimum Gasteiger partial charge on any atom is -0.325 e. The predicted molar refractivity (Wildman–Crippen MR) is 96.7 cm³/mol. The minimum atomic E-state index is -0.498. The largest absolute Gasteiger partial charge is 0.325 e. The van der Waals surface area contributed by atoms with Crippen LogP contribution < -0.4 is 10.6 Å². The molecule has 4 nitrogen and oxygen atoms in total. The second-order valence-electron chi connectivity index (χ2n) is 5.46. The molecule has 2 N–H and O–H groups in total. The van der Waals surface area contributed by atoms with E-state index >= 15 is 0 Å². The van der Waals surface area contributed by atoms with Crippen molar-refractivity contribution in [3.8, 4) is 0 Å². The SMILES string of the molecule is Cc1ccc(F)cc1NC(=O)C(C)SCC(=O)Nc1ccc(F)cc1. The van der Waals surface area contributed by atoms with E-state index in [-0.39, 0.29) is 23.4 Å². The van der Waals surface area contributed by atoms with Crippen LogP contribution in [0.1, 0.15) is 12.5 Å². The van der Waals surface area contributed by atoms with Gasteiger partial charge >= 0.3 is 0 Å². The molecule has 0 fully saturated rings. The first-order chi connectivity index (χ1) is 11.8. The Morgan fingerprint density at radius 1 is 1.04 bits per heavy atom. The minimum absolute atomic E-state index is 0.0636. The number of hydrogen-bond acceptors (Lipinski definition) is 3. The summed E-state index contributed by atoms with van der Waals surface area (Å²) in [5.41, 5.74) is 1.65. The third-order valence-electron chi connectivity index (χ3n) is 3.42. The Balaban J connectivity index is 1.83. The van der Waals surface area contributed by atoms with Gasteiger partial charge in [-0.1, -0.05) is 6.07 Å². The summed E-state index contributed by atoms with van der Waals surface area (Å²) >= 11 is 1.15. The van der Waals surface area contributed by atoms with Gasteiger partial charge in [-0.05, 0) is 55.8 Å². The van der Waals surface area contributed by atoms with Crippen molar-refractivity contribution >= 4 is 35.0 Å². The van der Waals surface area contributed by atoms with Crippen LogP contribution in [0.4, 0.5) is 20.2 Å². The monoisotopic (exact) mass is 364 g/mol. The Hall–Kier alpha value is -2.41. The van der Waals surface area contributed by atoms with Crippen LogP contribution in [0.3, 0.4) is 0 Å². The summed E-state index contributed by atoms with van der Waals surface area (Å²) in [5, 5.41) is 4.78. The molecule has 0 aliphatic heterocycles. The third-order valence-corrected chi connectivity index (χ3v) is 4.56. The van der Waals surface area contributed by atoms with Gasteiger partial charge in [-0.15, -0.1) is 11.8 Å². The van der Waals surface area contributed by atoms with E-state index in [1.165, 1.54) is 36.4 Å². The number of amides is 2. The topological polar surface area (TPSA) is 58.2 Å². The van der Waals surface area contributed by atoms with E-state index in [0.29, 0.717) is 11.4 Å². The molecule has 0 heterocycles. The van der Waals surface area contributed by atoms with Gasteiger partial charge in [0.1, 0.15) is 11.6 Å². The summed E-state index contributed by atoms with van der Waals surface area (Å²) in [6.45, 7) is 3.43. The predicted octanol–water partition coefficient (Wildman–Crippen LogP) is 3.97. The van der Waals surface area contributed by atoms with Gasteiger partial charge in [0.15, 0.2) is 0 Å². The van der Waals surface area contributed by atoms with Crippen molar-refractivity contribution in [2.45, 2.75) is 19.1 Å². The second-order valence-corrected chi connectivity index (χ2v) is 6.79. The number of nitrogens with one attached hydrogen (secondary N) is 2. The standard InChI is InChI=1S/C18H18F2N2O2S/c1-11-3-4-14(20)9-16(11)22-18(24)12(2)25-10-17(23)21-15-7-5-13(19)6-8-15/h3-9,12H,10H2,1-2H3,(H,21,23)(H,22,24). The fourth-order valence-corrected chi connectivity index (χ4v) is 2.65. The van der Waals surface area contributed by atoms with E-state index in [9.17, 15) is 18.4 Å². The molecule has 0 aromatic heterocycles. The Morgan fingerprint density at radius 2 is 1.68 bits per heavy atom. The van der Waals surface area contributed by atoms with Gasteiger partial charge in [0.05, 0.1) is 11.0 Å². The highest BCUT2D eigenvalue weighted by Crippen LogP contribution is 2.19. The lowest BCUT2D eigenvalue weighted by Crippen LogP contribution is -2.25. The first-order valence-electron chi connectivity index (χ1n) is 7.59. The van der Waals surface area contributed by atoms with Gasteiger partial charge in [-0.3, -0.25) is 9.59 Å². The molecule has 2 amide bonds. The van der Waals surface area contributed by atoms with Crippen LogP contribution in [0.15, 0.2) is 42.5 Å². The summed E-state index contributed by atoms with van der Waals surface area (Å²) in [4.78, 5) is 24.0. The maximum absolute atomic E-state index is 13.3. The number of anilines is 2. The third kappa shape index (κ3) is 5.86. The number of benzene rings is 2. The number of carbonyl (C=O) groups is 2. The molecule has 0 aliphatic carbocycles. The normalized spacial score (nSPS) is 11.7. The van der Waals surface area contributed by atoms with E-state index in [0.717, 1.165) is 17.3 Å². The number of aryl methyl sites for hydroxylation is 1. The molecule has 0 radical (unpaired) electrons. The zero-order valence-electron chi connectivity index (χ0n) is 13.8. The molecule has 0 aliphatic rings. The summed E-state index contributed by atoms with van der Waals surface area (Å²) in [7, 11) is 0. The molecular weight excluding hydrogens is 346 g/mol. The van der Waals surface area contributed by atoms with E-state index in [1.54, 1.807) is 19.9 Å². The lowest BCUT2D eigenvalue weighted by molar-refractivity contribution is -0.115. The van der Waals surface area contributed by atoms with Crippen LogP contribution in [-0.2, 0) is 9.59 Å². The van der Waals surface area contributed by atoms with Crippen LogP contribution in [0.5, 0.6) is 0 Å². The van der Waals surface area contributed by atoms with Crippen LogP contribution in [0, 0.1) is 18.6 Å².